The molecule has 0 aliphatic rings. The molecule has 37 heavy (non-hydrogen) atoms. The van der Waals surface area contributed by atoms with E-state index in [1.807, 2.05) is 49.3 Å². The van der Waals surface area contributed by atoms with Crippen LogP contribution in [0.25, 0.3) is 22.2 Å². The van der Waals surface area contributed by atoms with E-state index >= 15 is 0 Å². The Hall–Kier alpha value is -4.09. The number of anilines is 2. The first-order valence-electron chi connectivity index (χ1n) is 12.6. The third-order valence-corrected chi connectivity index (χ3v) is 6.68. The number of aromatic nitrogens is 3. The van der Waals surface area contributed by atoms with Crippen LogP contribution >= 0.6 is 0 Å². The standard InChI is InChI=1S/C29H35N7O/c1-7-35(8-2)16-21-11-14-25(34(5)6)23(15-30)27(21)37-22-12-9-20(10-13-22)24-17-36(19(3)4)29-26(24)28(31)32-18-33-29/h9-14,17-19H,7-8,16H2,1-6H3,(H2,31,32,33). The highest BCUT2D eigenvalue weighted by Crippen LogP contribution is 2.38. The van der Waals surface area contributed by atoms with Crippen LogP contribution in [0.15, 0.2) is 48.9 Å². The zero-order valence-electron chi connectivity index (χ0n) is 22.5. The summed E-state index contributed by atoms with van der Waals surface area (Å²) in [7, 11) is 3.86. The molecule has 4 aromatic rings. The average molecular weight is 498 g/mol. The Labute approximate surface area is 218 Å². The molecule has 0 aliphatic carbocycles. The van der Waals surface area contributed by atoms with Gasteiger partial charge in [-0.05, 0) is 50.7 Å². The molecule has 0 saturated carbocycles. The van der Waals surface area contributed by atoms with Crippen molar-refractivity contribution in [2.45, 2.75) is 40.3 Å². The molecule has 0 radical (unpaired) electrons. The molecule has 2 heterocycles. The number of hydrogen-bond acceptors (Lipinski definition) is 7. The molecule has 8 heteroatoms. The Morgan fingerprint density at radius 1 is 1.05 bits per heavy atom. The van der Waals surface area contributed by atoms with Crippen molar-refractivity contribution in [2.75, 3.05) is 37.8 Å². The topological polar surface area (TPSA) is 96.2 Å². The minimum absolute atomic E-state index is 0.228. The molecule has 8 nitrogen and oxygen atoms in total. The molecule has 0 spiro atoms. The summed E-state index contributed by atoms with van der Waals surface area (Å²) in [5.41, 5.74) is 11.4. The summed E-state index contributed by atoms with van der Waals surface area (Å²) in [6.07, 6.45) is 3.58. The lowest BCUT2D eigenvalue weighted by molar-refractivity contribution is 0.291. The summed E-state index contributed by atoms with van der Waals surface area (Å²) < 4.78 is 8.54. The maximum Gasteiger partial charge on any atom is 0.151 e. The lowest BCUT2D eigenvalue weighted by atomic mass is 10.0. The smallest absolute Gasteiger partial charge is 0.151 e. The Bertz CT molecular complexity index is 1430. The Morgan fingerprint density at radius 3 is 2.35 bits per heavy atom. The van der Waals surface area contributed by atoms with E-state index in [0.29, 0.717) is 29.4 Å². The largest absolute Gasteiger partial charge is 0.456 e. The molecule has 0 atom stereocenters. The minimum atomic E-state index is 0.228. The van der Waals surface area contributed by atoms with Crippen molar-refractivity contribution in [3.63, 3.8) is 0 Å². The van der Waals surface area contributed by atoms with Gasteiger partial charge < -0.3 is 19.9 Å². The van der Waals surface area contributed by atoms with E-state index in [0.717, 1.165) is 46.5 Å². The van der Waals surface area contributed by atoms with Crippen LogP contribution in [0.4, 0.5) is 11.5 Å². The van der Waals surface area contributed by atoms with Crippen LogP contribution in [0, 0.1) is 11.3 Å². The first-order valence-corrected chi connectivity index (χ1v) is 12.6. The van der Waals surface area contributed by atoms with Crippen molar-refractivity contribution < 1.29 is 4.74 Å². The van der Waals surface area contributed by atoms with Crippen molar-refractivity contribution in [3.8, 4) is 28.7 Å². The van der Waals surface area contributed by atoms with E-state index in [4.69, 9.17) is 10.5 Å². The van der Waals surface area contributed by atoms with Gasteiger partial charge in [0.1, 0.15) is 35.2 Å². The van der Waals surface area contributed by atoms with Crippen molar-refractivity contribution >= 4 is 22.5 Å². The molecule has 0 amide bonds. The molecule has 192 valence electrons. The van der Waals surface area contributed by atoms with Crippen molar-refractivity contribution in [1.82, 2.24) is 19.4 Å². The molecule has 2 N–H and O–H groups in total. The van der Waals surface area contributed by atoms with E-state index in [2.05, 4.69) is 65.5 Å². The molecule has 0 fully saturated rings. The summed E-state index contributed by atoms with van der Waals surface area (Å²) in [5, 5.41) is 10.9. The lowest BCUT2D eigenvalue weighted by Crippen LogP contribution is -2.23. The van der Waals surface area contributed by atoms with Gasteiger partial charge in [-0.2, -0.15) is 5.26 Å². The zero-order chi connectivity index (χ0) is 26.7. The van der Waals surface area contributed by atoms with Crippen LogP contribution in [-0.2, 0) is 6.54 Å². The average Bonchev–Trinajstić information content (AvgIpc) is 3.29. The van der Waals surface area contributed by atoms with Gasteiger partial charge in [0.2, 0.25) is 0 Å². The van der Waals surface area contributed by atoms with Crippen LogP contribution in [0.2, 0.25) is 0 Å². The van der Waals surface area contributed by atoms with Crippen molar-refractivity contribution in [2.24, 2.45) is 0 Å². The Morgan fingerprint density at radius 2 is 1.76 bits per heavy atom. The number of nitrogens with two attached hydrogens (primary N) is 1. The SMILES string of the molecule is CCN(CC)Cc1ccc(N(C)C)c(C#N)c1Oc1ccc(-c2cn(C(C)C)c3ncnc(N)c23)cc1. The normalized spacial score (nSPS) is 11.3. The summed E-state index contributed by atoms with van der Waals surface area (Å²) in [5.74, 6) is 1.72. The van der Waals surface area contributed by atoms with Crippen LogP contribution in [0.3, 0.4) is 0 Å². The second kappa shape index (κ2) is 10.9. The predicted octanol–water partition coefficient (Wildman–Crippen LogP) is 5.83. The van der Waals surface area contributed by atoms with Crippen molar-refractivity contribution in [3.05, 3.63) is 60.0 Å². The Kier molecular flexibility index (Phi) is 7.65. The summed E-state index contributed by atoms with van der Waals surface area (Å²) >= 11 is 0. The number of nitrogen functional groups attached to an aromatic ring is 1. The fourth-order valence-electron chi connectivity index (χ4n) is 4.57. The van der Waals surface area contributed by atoms with Gasteiger partial charge in [-0.15, -0.1) is 0 Å². The number of fused-ring (bicyclic) bond motifs is 1. The van der Waals surface area contributed by atoms with Gasteiger partial charge in [-0.1, -0.05) is 32.0 Å². The second-order valence-electron chi connectivity index (χ2n) is 9.54. The summed E-state index contributed by atoms with van der Waals surface area (Å²) in [4.78, 5) is 12.9. The first-order chi connectivity index (χ1) is 17.8. The van der Waals surface area contributed by atoms with E-state index in [-0.39, 0.29) is 6.04 Å². The second-order valence-corrected chi connectivity index (χ2v) is 9.54. The fourth-order valence-corrected chi connectivity index (χ4v) is 4.57. The first kappa shape index (κ1) is 26.0. The van der Waals surface area contributed by atoms with Crippen LogP contribution in [-0.4, -0.2) is 46.6 Å². The molecular formula is C29H35N7O. The maximum absolute atomic E-state index is 10.1. The Balaban J connectivity index is 1.75. The maximum atomic E-state index is 10.1. The number of rotatable bonds is 9. The van der Waals surface area contributed by atoms with Gasteiger partial charge in [-0.25, -0.2) is 9.97 Å². The molecule has 0 bridgehead atoms. The molecule has 0 unspecified atom stereocenters. The van der Waals surface area contributed by atoms with E-state index in [9.17, 15) is 5.26 Å². The molecule has 0 saturated heterocycles. The summed E-state index contributed by atoms with van der Waals surface area (Å²) in [6.45, 7) is 11.0. The zero-order valence-corrected chi connectivity index (χ0v) is 22.5. The molecular weight excluding hydrogens is 462 g/mol. The predicted molar refractivity (Wildman–Crippen MR) is 150 cm³/mol. The molecule has 4 rings (SSSR count). The van der Waals surface area contributed by atoms with Gasteiger partial charge >= 0.3 is 0 Å². The van der Waals surface area contributed by atoms with Crippen LogP contribution in [0.5, 0.6) is 11.5 Å². The quantitative estimate of drug-likeness (QED) is 0.311. The number of nitrogens with zero attached hydrogens (tertiary/aromatic N) is 6. The van der Waals surface area contributed by atoms with Gasteiger partial charge in [0, 0.05) is 44.0 Å². The van der Waals surface area contributed by atoms with Gasteiger partial charge in [0.05, 0.1) is 11.1 Å². The molecule has 0 aliphatic heterocycles. The van der Waals surface area contributed by atoms with Crippen LogP contribution < -0.4 is 15.4 Å². The molecule has 2 aromatic heterocycles. The summed E-state index contributed by atoms with van der Waals surface area (Å²) in [6, 6.07) is 14.5. The highest BCUT2D eigenvalue weighted by molar-refractivity contribution is 6.00. The third kappa shape index (κ3) is 5.09. The highest BCUT2D eigenvalue weighted by atomic mass is 16.5. The highest BCUT2D eigenvalue weighted by Gasteiger charge is 2.20. The number of hydrogen-bond donors (Lipinski definition) is 1. The van der Waals surface area contributed by atoms with Crippen LogP contribution in [0.1, 0.15) is 44.9 Å². The number of benzene rings is 2. The van der Waals surface area contributed by atoms with E-state index in [1.54, 1.807) is 0 Å². The third-order valence-electron chi connectivity index (χ3n) is 6.68. The van der Waals surface area contributed by atoms with Crippen molar-refractivity contribution in [1.29, 1.82) is 5.26 Å². The van der Waals surface area contributed by atoms with Gasteiger partial charge in [-0.3, -0.25) is 4.90 Å². The van der Waals surface area contributed by atoms with Gasteiger partial charge in [0.25, 0.3) is 0 Å². The monoisotopic (exact) mass is 497 g/mol. The van der Waals surface area contributed by atoms with E-state index < -0.39 is 0 Å². The lowest BCUT2D eigenvalue weighted by Gasteiger charge is -2.23. The number of nitriles is 1. The minimum Gasteiger partial charge on any atom is -0.456 e. The molecule has 2 aromatic carbocycles. The number of ether oxygens (including phenoxy) is 1. The van der Waals surface area contributed by atoms with E-state index in [1.165, 1.54) is 6.33 Å². The fraction of sp³-hybridized carbons (Fsp3) is 0.345. The van der Waals surface area contributed by atoms with Gasteiger partial charge in [0.15, 0.2) is 5.75 Å².